The number of hydrogen-bond donors (Lipinski definition) is 0. The molecule has 0 saturated carbocycles. The zero-order valence-corrected chi connectivity index (χ0v) is 22.5. The molecule has 6 nitrogen and oxygen atoms in total. The maximum absolute atomic E-state index is 11.9. The van der Waals surface area contributed by atoms with Gasteiger partial charge >= 0.3 is 0 Å². The summed E-state index contributed by atoms with van der Waals surface area (Å²) in [5, 5.41) is 4.58. The molecule has 0 N–H and O–H groups in total. The highest BCUT2D eigenvalue weighted by Crippen LogP contribution is 2.27. The van der Waals surface area contributed by atoms with Crippen LogP contribution < -0.4 is 0 Å². The molecule has 4 aromatic rings. The molecule has 0 fully saturated rings. The standard InChI is InChI=1S/C28H33N5O.C2H6/c1-5-21-19-33-28(31-26(21)16-20(3)14-15-32(4)27(34)6-2)24(18-30-33)23-12-13-25(29-17-23)22-10-8-7-9-11-22;1-2/h7-13,17-20H,5-6,14-16H2,1-4H3;1-2H3. The van der Waals surface area contributed by atoms with E-state index in [0.717, 1.165) is 59.5 Å². The van der Waals surface area contributed by atoms with E-state index in [1.54, 1.807) is 0 Å². The molecular weight excluding hydrogens is 446 g/mol. The van der Waals surface area contributed by atoms with Crippen LogP contribution in [0, 0.1) is 5.92 Å². The maximum atomic E-state index is 11.9. The highest BCUT2D eigenvalue weighted by atomic mass is 16.2. The zero-order chi connectivity index (χ0) is 26.1. The number of aryl methyl sites for hydroxylation is 1. The van der Waals surface area contributed by atoms with Crippen molar-refractivity contribution >= 4 is 11.6 Å². The fraction of sp³-hybridized carbons (Fsp3) is 0.400. The van der Waals surface area contributed by atoms with Crippen LogP contribution in [0.25, 0.3) is 28.0 Å². The molecule has 0 bridgehead atoms. The normalized spacial score (nSPS) is 11.6. The summed E-state index contributed by atoms with van der Waals surface area (Å²) in [4.78, 5) is 23.5. The van der Waals surface area contributed by atoms with Gasteiger partial charge in [0.1, 0.15) is 0 Å². The van der Waals surface area contributed by atoms with Gasteiger partial charge in [0, 0.05) is 54.8 Å². The van der Waals surface area contributed by atoms with Crippen LogP contribution >= 0.6 is 0 Å². The molecule has 36 heavy (non-hydrogen) atoms. The maximum Gasteiger partial charge on any atom is 0.222 e. The Hall–Kier alpha value is -3.54. The van der Waals surface area contributed by atoms with Crippen LogP contribution in [-0.2, 0) is 17.6 Å². The molecule has 6 heteroatoms. The number of hydrogen-bond acceptors (Lipinski definition) is 4. The molecule has 1 atom stereocenters. The van der Waals surface area contributed by atoms with Gasteiger partial charge in [-0.05, 0) is 36.8 Å². The van der Waals surface area contributed by atoms with Gasteiger partial charge in [-0.25, -0.2) is 9.50 Å². The fourth-order valence-electron chi connectivity index (χ4n) is 4.23. The Kier molecular flexibility index (Phi) is 9.74. The summed E-state index contributed by atoms with van der Waals surface area (Å²) in [6.07, 6.45) is 9.17. The lowest BCUT2D eigenvalue weighted by Crippen LogP contribution is -2.28. The van der Waals surface area contributed by atoms with Gasteiger partial charge in [0.2, 0.25) is 5.91 Å². The summed E-state index contributed by atoms with van der Waals surface area (Å²) in [5.41, 5.74) is 7.21. The average molecular weight is 486 g/mol. The van der Waals surface area contributed by atoms with Gasteiger partial charge in [0.05, 0.1) is 11.9 Å². The molecule has 1 unspecified atom stereocenters. The van der Waals surface area contributed by atoms with Crippen LogP contribution in [0.15, 0.2) is 61.1 Å². The van der Waals surface area contributed by atoms with Crippen molar-refractivity contribution in [1.82, 2.24) is 24.5 Å². The van der Waals surface area contributed by atoms with Crippen LogP contribution in [-0.4, -0.2) is 44.0 Å². The summed E-state index contributed by atoms with van der Waals surface area (Å²) in [5.74, 6) is 0.613. The van der Waals surface area contributed by atoms with Crippen molar-refractivity contribution < 1.29 is 4.79 Å². The molecule has 0 spiro atoms. The van der Waals surface area contributed by atoms with Gasteiger partial charge in [-0.2, -0.15) is 5.10 Å². The lowest BCUT2D eigenvalue weighted by atomic mass is 9.98. The van der Waals surface area contributed by atoms with Gasteiger partial charge in [0.25, 0.3) is 0 Å². The Labute approximate surface area is 215 Å². The second-order valence-electron chi connectivity index (χ2n) is 8.96. The first-order valence-corrected chi connectivity index (χ1v) is 13.1. The number of carbonyl (C=O) groups is 1. The monoisotopic (exact) mass is 485 g/mol. The minimum absolute atomic E-state index is 0.191. The SMILES string of the molecule is CC.CCC(=O)N(C)CCC(C)Cc1nc2c(-c3ccc(-c4ccccc4)nc3)cnn2cc1CC. The average Bonchev–Trinajstić information content (AvgIpc) is 3.35. The van der Waals surface area contributed by atoms with E-state index >= 15 is 0 Å². The minimum Gasteiger partial charge on any atom is -0.346 e. The second kappa shape index (κ2) is 13.0. The van der Waals surface area contributed by atoms with E-state index in [1.807, 2.05) is 73.9 Å². The number of fused-ring (bicyclic) bond motifs is 1. The van der Waals surface area contributed by atoms with E-state index in [2.05, 4.69) is 48.3 Å². The largest absolute Gasteiger partial charge is 0.346 e. The fourth-order valence-corrected chi connectivity index (χ4v) is 4.23. The van der Waals surface area contributed by atoms with Gasteiger partial charge in [-0.3, -0.25) is 9.78 Å². The summed E-state index contributed by atoms with van der Waals surface area (Å²) in [6, 6.07) is 14.3. The van der Waals surface area contributed by atoms with Crippen LogP contribution in [0.2, 0.25) is 0 Å². The van der Waals surface area contributed by atoms with Crippen molar-refractivity contribution in [3.8, 4) is 22.4 Å². The van der Waals surface area contributed by atoms with Crippen molar-refractivity contribution in [1.29, 1.82) is 0 Å². The van der Waals surface area contributed by atoms with Crippen molar-refractivity contribution in [3.05, 3.63) is 72.3 Å². The van der Waals surface area contributed by atoms with Crippen molar-refractivity contribution in [2.45, 2.75) is 60.3 Å². The summed E-state index contributed by atoms with van der Waals surface area (Å²) < 4.78 is 1.88. The Balaban J connectivity index is 0.00000176. The Morgan fingerprint density at radius 3 is 2.42 bits per heavy atom. The third kappa shape index (κ3) is 6.36. The summed E-state index contributed by atoms with van der Waals surface area (Å²) in [7, 11) is 1.88. The molecule has 3 aromatic heterocycles. The number of benzene rings is 1. The molecule has 190 valence electrons. The summed E-state index contributed by atoms with van der Waals surface area (Å²) >= 11 is 0. The lowest BCUT2D eigenvalue weighted by Gasteiger charge is -2.19. The molecule has 0 aliphatic heterocycles. The van der Waals surface area contributed by atoms with Gasteiger partial charge in [-0.15, -0.1) is 0 Å². The Morgan fingerprint density at radius 2 is 1.78 bits per heavy atom. The van der Waals surface area contributed by atoms with Crippen LogP contribution in [0.3, 0.4) is 0 Å². The first kappa shape index (κ1) is 27.1. The lowest BCUT2D eigenvalue weighted by molar-refractivity contribution is -0.129. The Morgan fingerprint density at radius 1 is 1.03 bits per heavy atom. The predicted octanol–water partition coefficient (Wildman–Crippen LogP) is 6.48. The van der Waals surface area contributed by atoms with E-state index in [9.17, 15) is 4.79 Å². The number of rotatable bonds is 9. The number of carbonyl (C=O) groups excluding carboxylic acids is 1. The van der Waals surface area contributed by atoms with E-state index in [1.165, 1.54) is 5.56 Å². The topological polar surface area (TPSA) is 63.4 Å². The van der Waals surface area contributed by atoms with E-state index in [-0.39, 0.29) is 5.91 Å². The zero-order valence-electron chi connectivity index (χ0n) is 22.5. The third-order valence-electron chi connectivity index (χ3n) is 6.41. The van der Waals surface area contributed by atoms with E-state index in [4.69, 9.17) is 4.98 Å². The molecular formula is C30H39N5O. The number of nitrogens with zero attached hydrogens (tertiary/aromatic N) is 5. The third-order valence-corrected chi connectivity index (χ3v) is 6.41. The summed E-state index contributed by atoms with van der Waals surface area (Å²) in [6.45, 7) is 11.1. The molecule has 0 saturated heterocycles. The van der Waals surface area contributed by atoms with E-state index in [0.29, 0.717) is 12.3 Å². The van der Waals surface area contributed by atoms with Crippen molar-refractivity contribution in [3.63, 3.8) is 0 Å². The number of aromatic nitrogens is 4. The highest BCUT2D eigenvalue weighted by molar-refractivity contribution is 5.77. The first-order chi connectivity index (χ1) is 17.5. The minimum atomic E-state index is 0.191. The molecule has 0 radical (unpaired) electrons. The van der Waals surface area contributed by atoms with Crippen LogP contribution in [0.4, 0.5) is 0 Å². The molecule has 0 aliphatic rings. The first-order valence-electron chi connectivity index (χ1n) is 13.1. The predicted molar refractivity (Wildman–Crippen MR) is 148 cm³/mol. The molecule has 1 aromatic carbocycles. The van der Waals surface area contributed by atoms with Gasteiger partial charge in [0.15, 0.2) is 5.65 Å². The quantitative estimate of drug-likeness (QED) is 0.272. The van der Waals surface area contributed by atoms with Crippen LogP contribution in [0.5, 0.6) is 0 Å². The van der Waals surface area contributed by atoms with Gasteiger partial charge < -0.3 is 4.90 Å². The molecule has 3 heterocycles. The Bertz CT molecular complexity index is 1250. The molecule has 1 amide bonds. The second-order valence-corrected chi connectivity index (χ2v) is 8.96. The molecule has 4 rings (SSSR count). The van der Waals surface area contributed by atoms with Crippen molar-refractivity contribution in [2.24, 2.45) is 5.92 Å². The number of pyridine rings is 1. The highest BCUT2D eigenvalue weighted by Gasteiger charge is 2.16. The van der Waals surface area contributed by atoms with E-state index < -0.39 is 0 Å². The van der Waals surface area contributed by atoms with Crippen LogP contribution in [0.1, 0.15) is 58.7 Å². The smallest absolute Gasteiger partial charge is 0.222 e. The van der Waals surface area contributed by atoms with Crippen molar-refractivity contribution in [2.75, 3.05) is 13.6 Å². The number of amides is 1. The molecule has 0 aliphatic carbocycles. The van der Waals surface area contributed by atoms with Gasteiger partial charge in [-0.1, -0.05) is 71.0 Å².